The van der Waals surface area contributed by atoms with Crippen molar-refractivity contribution in [3.8, 4) is 23.0 Å². The zero-order valence-corrected chi connectivity index (χ0v) is 18.4. The molecule has 0 aliphatic heterocycles. The molecule has 0 bridgehead atoms. The van der Waals surface area contributed by atoms with Crippen molar-refractivity contribution in [2.75, 3.05) is 10.6 Å². The van der Waals surface area contributed by atoms with Gasteiger partial charge in [0.2, 0.25) is 5.89 Å². The molecule has 0 aliphatic rings. The topological polar surface area (TPSA) is 110 Å². The first-order chi connectivity index (χ1) is 17.2. The van der Waals surface area contributed by atoms with Crippen molar-refractivity contribution in [3.05, 3.63) is 114 Å². The van der Waals surface area contributed by atoms with Gasteiger partial charge in [-0.3, -0.25) is 14.6 Å². The second-order valence-corrected chi connectivity index (χ2v) is 7.57. The molecule has 5 aromatic rings. The van der Waals surface area contributed by atoms with E-state index in [1.165, 1.54) is 0 Å². The van der Waals surface area contributed by atoms with Gasteiger partial charge in [0.1, 0.15) is 5.69 Å². The summed E-state index contributed by atoms with van der Waals surface area (Å²) in [6.45, 7) is 0. The maximum Gasteiger partial charge on any atom is 0.266 e. The Morgan fingerprint density at radius 3 is 1.71 bits per heavy atom. The van der Waals surface area contributed by atoms with E-state index >= 15 is 0 Å². The highest BCUT2D eigenvalue weighted by atomic mass is 16.4. The minimum absolute atomic E-state index is 0.219. The highest BCUT2D eigenvalue weighted by molar-refractivity contribution is 6.07. The van der Waals surface area contributed by atoms with E-state index in [1.807, 2.05) is 18.2 Å². The first kappa shape index (κ1) is 21.7. The molecule has 2 heterocycles. The van der Waals surface area contributed by atoms with Crippen molar-refractivity contribution < 1.29 is 14.0 Å². The third-order valence-corrected chi connectivity index (χ3v) is 5.08. The molecule has 0 aliphatic carbocycles. The molecule has 0 spiro atoms. The summed E-state index contributed by atoms with van der Waals surface area (Å²) in [7, 11) is 0. The van der Waals surface area contributed by atoms with E-state index in [1.54, 1.807) is 85.1 Å². The Kier molecular flexibility index (Phi) is 6.08. The molecule has 0 saturated carbocycles. The maximum absolute atomic E-state index is 12.7. The number of anilines is 2. The first-order valence-electron chi connectivity index (χ1n) is 10.8. The number of nitrogens with one attached hydrogen (secondary N) is 2. The lowest BCUT2D eigenvalue weighted by atomic mass is 10.1. The second-order valence-electron chi connectivity index (χ2n) is 7.57. The molecule has 8 heteroatoms. The monoisotopic (exact) mass is 461 g/mol. The summed E-state index contributed by atoms with van der Waals surface area (Å²) < 4.78 is 5.83. The number of nitrogens with zero attached hydrogens (tertiary/aromatic N) is 3. The Labute approximate surface area is 200 Å². The Balaban J connectivity index is 1.49. The van der Waals surface area contributed by atoms with Gasteiger partial charge in [-0.1, -0.05) is 42.5 Å². The molecular weight excluding hydrogens is 442 g/mol. The van der Waals surface area contributed by atoms with Gasteiger partial charge in [0.05, 0.1) is 0 Å². The lowest BCUT2D eigenvalue weighted by Crippen LogP contribution is -2.14. The van der Waals surface area contributed by atoms with Gasteiger partial charge >= 0.3 is 0 Å². The van der Waals surface area contributed by atoms with Crippen LogP contribution < -0.4 is 10.6 Å². The molecule has 2 amide bonds. The number of rotatable bonds is 6. The summed E-state index contributed by atoms with van der Waals surface area (Å²) in [4.78, 5) is 29.7. The molecule has 0 atom stereocenters. The summed E-state index contributed by atoms with van der Waals surface area (Å²) in [6.07, 6.45) is 1.64. The SMILES string of the molecule is O=C(Nc1cc(NC(=O)c2ccccc2)cc(-c2nnc(-c3ccccn3)o2)c1)c1ccccc1. The zero-order chi connectivity index (χ0) is 24.0. The summed E-state index contributed by atoms with van der Waals surface area (Å²) in [6, 6.07) is 28.1. The van der Waals surface area contributed by atoms with Crippen LogP contribution in [0.2, 0.25) is 0 Å². The van der Waals surface area contributed by atoms with E-state index in [4.69, 9.17) is 4.42 Å². The van der Waals surface area contributed by atoms with Crippen molar-refractivity contribution in [1.29, 1.82) is 0 Å². The number of carbonyl (C=O) groups is 2. The van der Waals surface area contributed by atoms with Crippen LogP contribution in [0.1, 0.15) is 20.7 Å². The van der Waals surface area contributed by atoms with Gasteiger partial charge in [-0.15, -0.1) is 10.2 Å². The quantitative estimate of drug-likeness (QED) is 0.355. The van der Waals surface area contributed by atoms with Gasteiger partial charge in [-0.2, -0.15) is 0 Å². The highest BCUT2D eigenvalue weighted by Crippen LogP contribution is 2.29. The van der Waals surface area contributed by atoms with E-state index in [2.05, 4.69) is 25.8 Å². The molecular formula is C27H19N5O3. The average Bonchev–Trinajstić information content (AvgIpc) is 3.41. The minimum Gasteiger partial charge on any atom is -0.415 e. The van der Waals surface area contributed by atoms with Crippen LogP contribution in [-0.4, -0.2) is 27.0 Å². The van der Waals surface area contributed by atoms with E-state index in [0.717, 1.165) is 0 Å². The lowest BCUT2D eigenvalue weighted by Gasteiger charge is -2.11. The fraction of sp³-hybridized carbons (Fsp3) is 0. The summed E-state index contributed by atoms with van der Waals surface area (Å²) >= 11 is 0. The molecule has 3 aromatic carbocycles. The molecule has 2 aromatic heterocycles. The molecule has 35 heavy (non-hydrogen) atoms. The van der Waals surface area contributed by atoms with E-state index in [0.29, 0.717) is 33.8 Å². The number of carbonyl (C=O) groups excluding carboxylic acids is 2. The number of hydrogen-bond acceptors (Lipinski definition) is 6. The largest absolute Gasteiger partial charge is 0.415 e. The van der Waals surface area contributed by atoms with Gasteiger partial charge in [-0.05, 0) is 54.6 Å². The van der Waals surface area contributed by atoms with Gasteiger partial charge < -0.3 is 15.1 Å². The van der Waals surface area contributed by atoms with E-state index in [-0.39, 0.29) is 23.6 Å². The standard InChI is InChI=1S/C27H19N5O3/c33-24(18-9-3-1-4-10-18)29-21-15-20(26-31-32-27(35-26)23-13-7-8-14-28-23)16-22(17-21)30-25(34)19-11-5-2-6-12-19/h1-17H,(H,29,33)(H,30,34). The lowest BCUT2D eigenvalue weighted by molar-refractivity contribution is 0.101. The smallest absolute Gasteiger partial charge is 0.266 e. The Morgan fingerprint density at radius 1 is 0.629 bits per heavy atom. The van der Waals surface area contributed by atoms with Crippen LogP contribution in [0.5, 0.6) is 0 Å². The highest BCUT2D eigenvalue weighted by Gasteiger charge is 2.15. The minimum atomic E-state index is -0.289. The molecule has 5 rings (SSSR count). The van der Waals surface area contributed by atoms with Crippen LogP contribution in [0.4, 0.5) is 11.4 Å². The summed E-state index contributed by atoms with van der Waals surface area (Å²) in [5, 5.41) is 14.0. The molecule has 0 saturated heterocycles. The summed E-state index contributed by atoms with van der Waals surface area (Å²) in [5.41, 5.74) is 2.98. The van der Waals surface area contributed by atoms with Gasteiger partial charge in [0.15, 0.2) is 0 Å². The van der Waals surface area contributed by atoms with Crippen LogP contribution in [-0.2, 0) is 0 Å². The third kappa shape index (κ3) is 5.12. The van der Waals surface area contributed by atoms with Crippen LogP contribution in [0.25, 0.3) is 23.0 Å². The van der Waals surface area contributed by atoms with Gasteiger partial charge in [0.25, 0.3) is 17.7 Å². The molecule has 0 unspecified atom stereocenters. The van der Waals surface area contributed by atoms with Crippen molar-refractivity contribution in [2.24, 2.45) is 0 Å². The fourth-order valence-electron chi connectivity index (χ4n) is 3.41. The van der Waals surface area contributed by atoms with Crippen LogP contribution in [0.15, 0.2) is 108 Å². The Morgan fingerprint density at radius 2 is 1.17 bits per heavy atom. The normalized spacial score (nSPS) is 10.5. The number of pyridine rings is 1. The van der Waals surface area contributed by atoms with Crippen molar-refractivity contribution >= 4 is 23.2 Å². The van der Waals surface area contributed by atoms with Crippen LogP contribution in [0.3, 0.4) is 0 Å². The molecule has 2 N–H and O–H groups in total. The maximum atomic E-state index is 12.7. The summed E-state index contributed by atoms with van der Waals surface area (Å²) in [5.74, 6) is -0.101. The number of amides is 2. The Bertz CT molecular complexity index is 1400. The van der Waals surface area contributed by atoms with Crippen molar-refractivity contribution in [3.63, 3.8) is 0 Å². The average molecular weight is 461 g/mol. The van der Waals surface area contributed by atoms with Gasteiger partial charge in [0, 0.05) is 34.3 Å². The predicted octanol–water partition coefficient (Wildman–Crippen LogP) is 5.30. The van der Waals surface area contributed by atoms with Crippen LogP contribution >= 0.6 is 0 Å². The zero-order valence-electron chi connectivity index (χ0n) is 18.4. The number of benzene rings is 3. The van der Waals surface area contributed by atoms with Crippen LogP contribution in [0, 0.1) is 0 Å². The fourth-order valence-corrected chi connectivity index (χ4v) is 3.41. The third-order valence-electron chi connectivity index (χ3n) is 5.08. The number of hydrogen-bond donors (Lipinski definition) is 2. The molecule has 0 radical (unpaired) electrons. The van der Waals surface area contributed by atoms with E-state index in [9.17, 15) is 9.59 Å². The predicted molar refractivity (Wildman–Crippen MR) is 132 cm³/mol. The van der Waals surface area contributed by atoms with Gasteiger partial charge in [-0.25, -0.2) is 0 Å². The van der Waals surface area contributed by atoms with E-state index < -0.39 is 0 Å². The van der Waals surface area contributed by atoms with Crippen molar-refractivity contribution in [1.82, 2.24) is 15.2 Å². The number of aromatic nitrogens is 3. The van der Waals surface area contributed by atoms with Crippen molar-refractivity contribution in [2.45, 2.75) is 0 Å². The Hall–Kier alpha value is -5.11. The first-order valence-corrected chi connectivity index (χ1v) is 10.8. The second kappa shape index (κ2) is 9.80. The molecule has 8 nitrogen and oxygen atoms in total. The molecule has 170 valence electrons. The molecule has 0 fully saturated rings.